The van der Waals surface area contributed by atoms with Crippen LogP contribution >= 0.6 is 11.8 Å². The van der Waals surface area contributed by atoms with Gasteiger partial charge in [-0.15, -0.1) is 11.8 Å². The van der Waals surface area contributed by atoms with E-state index in [0.717, 1.165) is 28.3 Å². The summed E-state index contributed by atoms with van der Waals surface area (Å²) in [6.07, 6.45) is 1.32. The summed E-state index contributed by atoms with van der Waals surface area (Å²) >= 11 is 1.47. The molecule has 0 aliphatic heterocycles. The minimum absolute atomic E-state index is 0.00943. The number of anilines is 2. The number of carbonyl (C=O) groups is 2. The molecule has 0 aromatic heterocycles. The van der Waals surface area contributed by atoms with Gasteiger partial charge in [-0.2, -0.15) is 0 Å². The van der Waals surface area contributed by atoms with Crippen molar-refractivity contribution in [3.8, 4) is 0 Å². The molecule has 0 saturated heterocycles. The number of hydrogen-bond donors (Lipinski definition) is 2. The molecule has 0 spiro atoms. The molecule has 2 N–H and O–H groups in total. The Kier molecular flexibility index (Phi) is 7.27. The van der Waals surface area contributed by atoms with E-state index in [4.69, 9.17) is 0 Å². The van der Waals surface area contributed by atoms with Crippen molar-refractivity contribution in [2.24, 2.45) is 0 Å². The zero-order valence-corrected chi connectivity index (χ0v) is 16.6. The first-order valence-electron chi connectivity index (χ1n) is 8.83. The van der Waals surface area contributed by atoms with Crippen LogP contribution in [0.25, 0.3) is 0 Å². The number of amides is 2. The highest BCUT2D eigenvalue weighted by molar-refractivity contribution is 8.00. The molecule has 5 heteroatoms. The molecule has 2 rings (SSSR count). The van der Waals surface area contributed by atoms with E-state index in [0.29, 0.717) is 6.42 Å². The van der Waals surface area contributed by atoms with Gasteiger partial charge in [0.2, 0.25) is 11.8 Å². The number of nitrogens with one attached hydrogen (secondary N) is 2. The van der Waals surface area contributed by atoms with Crippen molar-refractivity contribution in [2.45, 2.75) is 50.7 Å². The average molecular weight is 371 g/mol. The Morgan fingerprint density at radius 2 is 1.73 bits per heavy atom. The zero-order chi connectivity index (χ0) is 19.1. The normalized spacial score (nSPS) is 11.7. The van der Waals surface area contributed by atoms with Crippen molar-refractivity contribution < 1.29 is 9.59 Å². The van der Waals surface area contributed by atoms with Crippen LogP contribution in [-0.4, -0.2) is 17.1 Å². The maximum Gasteiger partial charge on any atom is 0.237 e. The second-order valence-corrected chi connectivity index (χ2v) is 7.79. The molecule has 2 aromatic rings. The molecule has 1 unspecified atom stereocenters. The van der Waals surface area contributed by atoms with Gasteiger partial charge in [-0.25, -0.2) is 0 Å². The van der Waals surface area contributed by atoms with E-state index in [2.05, 4.69) is 10.6 Å². The third-order valence-corrected chi connectivity index (χ3v) is 5.15. The van der Waals surface area contributed by atoms with Crippen molar-refractivity contribution in [3.63, 3.8) is 0 Å². The molecule has 138 valence electrons. The summed E-state index contributed by atoms with van der Waals surface area (Å²) in [6.45, 7) is 7.93. The molecule has 0 aliphatic carbocycles. The van der Waals surface area contributed by atoms with Gasteiger partial charge in [0.15, 0.2) is 0 Å². The first-order valence-corrected chi connectivity index (χ1v) is 9.71. The monoisotopic (exact) mass is 370 g/mol. The number of benzene rings is 2. The molecule has 0 fully saturated rings. The fourth-order valence-corrected chi connectivity index (χ4v) is 3.34. The number of rotatable bonds is 7. The summed E-state index contributed by atoms with van der Waals surface area (Å²) < 4.78 is 0. The summed E-state index contributed by atoms with van der Waals surface area (Å²) in [7, 11) is 0. The van der Waals surface area contributed by atoms with Crippen LogP contribution in [0.15, 0.2) is 47.4 Å². The van der Waals surface area contributed by atoms with Crippen molar-refractivity contribution >= 4 is 35.0 Å². The lowest BCUT2D eigenvalue weighted by molar-refractivity contribution is -0.116. The lowest BCUT2D eigenvalue weighted by Crippen LogP contribution is -2.22. The average Bonchev–Trinajstić information content (AvgIpc) is 2.58. The molecule has 0 bridgehead atoms. The molecule has 2 aromatic carbocycles. The van der Waals surface area contributed by atoms with Gasteiger partial charge >= 0.3 is 0 Å². The van der Waals surface area contributed by atoms with E-state index < -0.39 is 0 Å². The zero-order valence-electron chi connectivity index (χ0n) is 15.8. The SMILES string of the molecule is CCCC(=O)Nc1cccc(SC(C)C(=O)Nc2ccc(C)c(C)c2)c1. The van der Waals surface area contributed by atoms with Gasteiger partial charge in [0, 0.05) is 22.7 Å². The number of carbonyl (C=O) groups excluding carboxylic acids is 2. The fourth-order valence-electron chi connectivity index (χ4n) is 2.42. The van der Waals surface area contributed by atoms with E-state index in [1.807, 2.05) is 70.2 Å². The van der Waals surface area contributed by atoms with Crippen LogP contribution in [0.2, 0.25) is 0 Å². The lowest BCUT2D eigenvalue weighted by Gasteiger charge is -2.14. The second-order valence-electron chi connectivity index (χ2n) is 6.37. The third-order valence-electron chi connectivity index (χ3n) is 4.05. The summed E-state index contributed by atoms with van der Waals surface area (Å²) in [5, 5.41) is 5.60. The van der Waals surface area contributed by atoms with Crippen LogP contribution in [0.4, 0.5) is 11.4 Å². The predicted octanol–water partition coefficient (Wildman–Crippen LogP) is 5.16. The van der Waals surface area contributed by atoms with Gasteiger partial charge in [-0.05, 0) is 68.7 Å². The maximum atomic E-state index is 12.5. The van der Waals surface area contributed by atoms with Gasteiger partial charge < -0.3 is 10.6 Å². The van der Waals surface area contributed by atoms with E-state index in [9.17, 15) is 9.59 Å². The lowest BCUT2D eigenvalue weighted by atomic mass is 10.1. The Hall–Kier alpha value is -2.27. The minimum Gasteiger partial charge on any atom is -0.326 e. The minimum atomic E-state index is -0.252. The Balaban J connectivity index is 1.97. The van der Waals surface area contributed by atoms with E-state index >= 15 is 0 Å². The highest BCUT2D eigenvalue weighted by atomic mass is 32.2. The number of hydrogen-bond acceptors (Lipinski definition) is 3. The van der Waals surface area contributed by atoms with Crippen molar-refractivity contribution in [1.29, 1.82) is 0 Å². The molecular weight excluding hydrogens is 344 g/mol. The Morgan fingerprint density at radius 3 is 2.42 bits per heavy atom. The van der Waals surface area contributed by atoms with Crippen LogP contribution in [0, 0.1) is 13.8 Å². The summed E-state index contributed by atoms with van der Waals surface area (Å²) in [5.74, 6) is -0.0335. The highest BCUT2D eigenvalue weighted by Crippen LogP contribution is 2.27. The highest BCUT2D eigenvalue weighted by Gasteiger charge is 2.15. The second kappa shape index (κ2) is 9.43. The molecule has 1 atom stereocenters. The third kappa shape index (κ3) is 5.92. The molecule has 0 aliphatic rings. The molecule has 0 saturated carbocycles. The summed E-state index contributed by atoms with van der Waals surface area (Å²) in [5.41, 5.74) is 3.92. The smallest absolute Gasteiger partial charge is 0.237 e. The van der Waals surface area contributed by atoms with E-state index in [1.165, 1.54) is 17.3 Å². The van der Waals surface area contributed by atoms with Crippen LogP contribution in [-0.2, 0) is 9.59 Å². The molecule has 2 amide bonds. The van der Waals surface area contributed by atoms with Crippen LogP contribution < -0.4 is 10.6 Å². The topological polar surface area (TPSA) is 58.2 Å². The molecule has 0 heterocycles. The first-order chi connectivity index (χ1) is 12.4. The van der Waals surface area contributed by atoms with Gasteiger partial charge in [0.1, 0.15) is 0 Å². The standard InChI is InChI=1S/C21H26N2O2S/c1-5-7-20(24)22-17-8-6-9-19(13-17)26-16(4)21(25)23-18-11-10-14(2)15(3)12-18/h6,8-13,16H,5,7H2,1-4H3,(H,22,24)(H,23,25). The van der Waals surface area contributed by atoms with Gasteiger partial charge in [0.05, 0.1) is 5.25 Å². The van der Waals surface area contributed by atoms with Crippen LogP contribution in [0.5, 0.6) is 0 Å². The van der Waals surface area contributed by atoms with Gasteiger partial charge in [-0.1, -0.05) is 19.1 Å². The van der Waals surface area contributed by atoms with E-state index in [1.54, 1.807) is 0 Å². The van der Waals surface area contributed by atoms with Crippen LogP contribution in [0.3, 0.4) is 0 Å². The predicted molar refractivity (Wildman–Crippen MR) is 110 cm³/mol. The maximum absolute atomic E-state index is 12.5. The molecule has 0 radical (unpaired) electrons. The molecular formula is C21H26N2O2S. The quantitative estimate of drug-likeness (QED) is 0.662. The van der Waals surface area contributed by atoms with Crippen molar-refractivity contribution in [3.05, 3.63) is 53.6 Å². The number of aryl methyl sites for hydroxylation is 2. The fraction of sp³-hybridized carbons (Fsp3) is 0.333. The van der Waals surface area contributed by atoms with E-state index in [-0.39, 0.29) is 17.1 Å². The Bertz CT molecular complexity index is 789. The molecule has 26 heavy (non-hydrogen) atoms. The summed E-state index contributed by atoms with van der Waals surface area (Å²) in [6, 6.07) is 13.5. The van der Waals surface area contributed by atoms with Crippen molar-refractivity contribution in [1.82, 2.24) is 0 Å². The Morgan fingerprint density at radius 1 is 1.00 bits per heavy atom. The first kappa shape index (κ1) is 20.0. The summed E-state index contributed by atoms with van der Waals surface area (Å²) in [4.78, 5) is 25.1. The van der Waals surface area contributed by atoms with Gasteiger partial charge in [-0.3, -0.25) is 9.59 Å². The van der Waals surface area contributed by atoms with Gasteiger partial charge in [0.25, 0.3) is 0 Å². The number of thioether (sulfide) groups is 1. The largest absolute Gasteiger partial charge is 0.326 e. The molecule has 4 nitrogen and oxygen atoms in total. The van der Waals surface area contributed by atoms with Crippen LogP contribution in [0.1, 0.15) is 37.8 Å². The van der Waals surface area contributed by atoms with Crippen molar-refractivity contribution in [2.75, 3.05) is 10.6 Å². The Labute approximate surface area is 159 Å².